The van der Waals surface area contributed by atoms with Gasteiger partial charge in [-0.15, -0.1) is 0 Å². The molecule has 0 aromatic heterocycles. The van der Waals surface area contributed by atoms with Crippen molar-refractivity contribution in [1.29, 1.82) is 0 Å². The van der Waals surface area contributed by atoms with Crippen molar-refractivity contribution in [2.45, 2.75) is 39.7 Å². The molecule has 0 aliphatic heterocycles. The summed E-state index contributed by atoms with van der Waals surface area (Å²) in [5.74, 6) is 5.87. The molecular formula is C17H23NO2. The molecule has 0 heterocycles. The van der Waals surface area contributed by atoms with Crippen LogP contribution in [0.15, 0.2) is 24.3 Å². The molecule has 20 heavy (non-hydrogen) atoms. The SMILES string of the molecule is CCCN(C(=O)c1ccccc1C#CCCO)C(C)C. The second-order valence-corrected chi connectivity index (χ2v) is 4.91. The van der Waals surface area contributed by atoms with Gasteiger partial charge < -0.3 is 10.0 Å². The summed E-state index contributed by atoms with van der Waals surface area (Å²) in [4.78, 5) is 14.5. The van der Waals surface area contributed by atoms with Crippen LogP contribution in [0.3, 0.4) is 0 Å². The zero-order valence-corrected chi connectivity index (χ0v) is 12.5. The third kappa shape index (κ3) is 4.40. The average molecular weight is 273 g/mol. The standard InChI is InChI=1S/C17H23NO2/c1-4-12-18(14(2)3)17(20)16-11-6-5-9-15(16)10-7-8-13-19/h5-6,9,11,14,19H,4,8,12-13H2,1-3H3. The molecule has 0 fully saturated rings. The fraction of sp³-hybridized carbons (Fsp3) is 0.471. The van der Waals surface area contributed by atoms with Gasteiger partial charge in [-0.1, -0.05) is 30.9 Å². The quantitative estimate of drug-likeness (QED) is 0.838. The van der Waals surface area contributed by atoms with Gasteiger partial charge in [0.05, 0.1) is 12.2 Å². The van der Waals surface area contributed by atoms with Gasteiger partial charge in [0, 0.05) is 24.6 Å². The van der Waals surface area contributed by atoms with E-state index >= 15 is 0 Å². The molecule has 0 radical (unpaired) electrons. The zero-order valence-electron chi connectivity index (χ0n) is 12.5. The summed E-state index contributed by atoms with van der Waals surface area (Å²) in [5.41, 5.74) is 1.37. The lowest BCUT2D eigenvalue weighted by Gasteiger charge is -2.26. The first-order valence-electron chi connectivity index (χ1n) is 7.11. The number of aliphatic hydroxyl groups is 1. The number of benzene rings is 1. The lowest BCUT2D eigenvalue weighted by molar-refractivity contribution is 0.0705. The van der Waals surface area contributed by atoms with Crippen molar-refractivity contribution in [2.75, 3.05) is 13.2 Å². The molecule has 0 unspecified atom stereocenters. The van der Waals surface area contributed by atoms with Crippen molar-refractivity contribution in [3.05, 3.63) is 35.4 Å². The van der Waals surface area contributed by atoms with Crippen molar-refractivity contribution < 1.29 is 9.90 Å². The molecule has 0 aliphatic rings. The Labute approximate surface area is 121 Å². The third-order valence-corrected chi connectivity index (χ3v) is 2.97. The number of hydrogen-bond donors (Lipinski definition) is 1. The molecular weight excluding hydrogens is 250 g/mol. The maximum atomic E-state index is 12.6. The van der Waals surface area contributed by atoms with Gasteiger partial charge in [-0.05, 0) is 32.4 Å². The first-order valence-corrected chi connectivity index (χ1v) is 7.11. The lowest BCUT2D eigenvalue weighted by Crippen LogP contribution is -2.37. The Hall–Kier alpha value is -1.79. The van der Waals surface area contributed by atoms with E-state index in [1.807, 2.05) is 43.0 Å². The maximum Gasteiger partial charge on any atom is 0.255 e. The molecule has 0 bridgehead atoms. The topological polar surface area (TPSA) is 40.5 Å². The van der Waals surface area contributed by atoms with Gasteiger partial charge in [-0.2, -0.15) is 0 Å². The summed E-state index contributed by atoms with van der Waals surface area (Å²) in [6.45, 7) is 6.89. The Morgan fingerprint density at radius 1 is 1.35 bits per heavy atom. The van der Waals surface area contributed by atoms with Crippen molar-refractivity contribution in [3.8, 4) is 11.8 Å². The highest BCUT2D eigenvalue weighted by Crippen LogP contribution is 2.13. The van der Waals surface area contributed by atoms with Crippen LogP contribution in [-0.2, 0) is 0 Å². The Morgan fingerprint density at radius 3 is 2.65 bits per heavy atom. The van der Waals surface area contributed by atoms with E-state index in [-0.39, 0.29) is 18.6 Å². The first-order chi connectivity index (χ1) is 9.61. The molecule has 0 spiro atoms. The second kappa shape index (κ2) is 8.39. The summed E-state index contributed by atoms with van der Waals surface area (Å²) in [5, 5.41) is 8.78. The minimum absolute atomic E-state index is 0.0238. The number of carbonyl (C=O) groups excluding carboxylic acids is 1. The van der Waals surface area contributed by atoms with E-state index in [2.05, 4.69) is 18.8 Å². The predicted molar refractivity (Wildman–Crippen MR) is 81.5 cm³/mol. The minimum atomic E-state index is 0.0238. The fourth-order valence-corrected chi connectivity index (χ4v) is 1.98. The van der Waals surface area contributed by atoms with Crippen molar-refractivity contribution in [2.24, 2.45) is 0 Å². The largest absolute Gasteiger partial charge is 0.395 e. The van der Waals surface area contributed by atoms with Crippen molar-refractivity contribution in [1.82, 2.24) is 4.90 Å². The van der Waals surface area contributed by atoms with E-state index in [0.717, 1.165) is 18.5 Å². The van der Waals surface area contributed by atoms with Gasteiger partial charge in [0.1, 0.15) is 0 Å². The van der Waals surface area contributed by atoms with Crippen molar-refractivity contribution >= 4 is 5.91 Å². The van der Waals surface area contributed by atoms with Crippen LogP contribution in [0, 0.1) is 11.8 Å². The lowest BCUT2D eigenvalue weighted by atomic mass is 10.1. The van der Waals surface area contributed by atoms with Crippen LogP contribution in [-0.4, -0.2) is 35.1 Å². The molecule has 108 valence electrons. The van der Waals surface area contributed by atoms with Gasteiger partial charge >= 0.3 is 0 Å². The van der Waals surface area contributed by atoms with Gasteiger partial charge in [-0.3, -0.25) is 4.79 Å². The van der Waals surface area contributed by atoms with Crippen LogP contribution in [0.4, 0.5) is 0 Å². The molecule has 1 N–H and O–H groups in total. The summed E-state index contributed by atoms with van der Waals surface area (Å²) in [6.07, 6.45) is 1.35. The Morgan fingerprint density at radius 2 is 2.05 bits per heavy atom. The number of rotatable bonds is 5. The Bertz CT molecular complexity index is 497. The third-order valence-electron chi connectivity index (χ3n) is 2.97. The molecule has 0 atom stereocenters. The summed E-state index contributed by atoms with van der Waals surface area (Å²) in [7, 11) is 0. The molecule has 0 aliphatic carbocycles. The van der Waals surface area contributed by atoms with Crippen LogP contribution in [0.25, 0.3) is 0 Å². The molecule has 3 nitrogen and oxygen atoms in total. The van der Waals surface area contributed by atoms with Crippen LogP contribution in [0.1, 0.15) is 49.5 Å². The summed E-state index contributed by atoms with van der Waals surface area (Å²) >= 11 is 0. The second-order valence-electron chi connectivity index (χ2n) is 4.91. The molecule has 0 saturated heterocycles. The predicted octanol–water partition coefficient (Wildman–Crippen LogP) is 2.68. The van der Waals surface area contributed by atoms with Crippen LogP contribution < -0.4 is 0 Å². The molecule has 1 amide bonds. The molecule has 1 aromatic carbocycles. The van der Waals surface area contributed by atoms with Crippen LogP contribution in [0.5, 0.6) is 0 Å². The normalized spacial score (nSPS) is 10.1. The van der Waals surface area contributed by atoms with Gasteiger partial charge in [0.2, 0.25) is 0 Å². The van der Waals surface area contributed by atoms with Crippen molar-refractivity contribution in [3.63, 3.8) is 0 Å². The average Bonchev–Trinajstić information content (AvgIpc) is 2.44. The monoisotopic (exact) mass is 273 g/mol. The fourth-order valence-electron chi connectivity index (χ4n) is 1.98. The van der Waals surface area contributed by atoms with Gasteiger partial charge in [0.15, 0.2) is 0 Å². The summed E-state index contributed by atoms with van der Waals surface area (Å²) < 4.78 is 0. The highest BCUT2D eigenvalue weighted by Gasteiger charge is 2.19. The highest BCUT2D eigenvalue weighted by atomic mass is 16.2. The molecule has 0 saturated carbocycles. The van der Waals surface area contributed by atoms with E-state index in [1.54, 1.807) is 0 Å². The van der Waals surface area contributed by atoms with Crippen LogP contribution in [0.2, 0.25) is 0 Å². The number of aliphatic hydroxyl groups excluding tert-OH is 1. The Balaban J connectivity index is 3.06. The van der Waals surface area contributed by atoms with E-state index in [9.17, 15) is 4.79 Å². The minimum Gasteiger partial charge on any atom is -0.395 e. The number of nitrogens with zero attached hydrogens (tertiary/aromatic N) is 1. The maximum absolute atomic E-state index is 12.6. The number of hydrogen-bond acceptors (Lipinski definition) is 2. The van der Waals surface area contributed by atoms with E-state index < -0.39 is 0 Å². The molecule has 1 rings (SSSR count). The van der Waals surface area contributed by atoms with E-state index in [4.69, 9.17) is 5.11 Å². The smallest absolute Gasteiger partial charge is 0.255 e. The Kier molecular flexibility index (Phi) is 6.83. The first kappa shape index (κ1) is 16.3. The van der Waals surface area contributed by atoms with Crippen LogP contribution >= 0.6 is 0 Å². The number of carbonyl (C=O) groups is 1. The van der Waals surface area contributed by atoms with E-state index in [1.165, 1.54) is 0 Å². The number of amides is 1. The van der Waals surface area contributed by atoms with E-state index in [0.29, 0.717) is 12.0 Å². The molecule has 3 heteroatoms. The highest BCUT2D eigenvalue weighted by molar-refractivity contribution is 5.96. The van der Waals surface area contributed by atoms with Gasteiger partial charge in [-0.25, -0.2) is 0 Å². The summed E-state index contributed by atoms with van der Waals surface area (Å²) in [6, 6.07) is 7.56. The zero-order chi connectivity index (χ0) is 15.0. The van der Waals surface area contributed by atoms with Gasteiger partial charge in [0.25, 0.3) is 5.91 Å². The molecule has 1 aromatic rings.